The highest BCUT2D eigenvalue weighted by atomic mass is 16.6. The molecule has 1 aliphatic rings. The predicted molar refractivity (Wildman–Crippen MR) is 125 cm³/mol. The van der Waals surface area contributed by atoms with Crippen molar-refractivity contribution in [2.75, 3.05) is 20.3 Å². The number of aryl methyl sites for hydroxylation is 1. The highest BCUT2D eigenvalue weighted by molar-refractivity contribution is 5.83. The maximum Gasteiger partial charge on any atom is 0.339 e. The Labute approximate surface area is 192 Å². The van der Waals surface area contributed by atoms with E-state index in [0.29, 0.717) is 42.3 Å². The Morgan fingerprint density at radius 2 is 1.85 bits per heavy atom. The number of rotatable bonds is 7. The molecule has 2 heterocycles. The van der Waals surface area contributed by atoms with Crippen molar-refractivity contribution in [3.63, 3.8) is 0 Å². The topological polar surface area (TPSA) is 87.0 Å². The van der Waals surface area contributed by atoms with Crippen LogP contribution in [0, 0.1) is 12.8 Å². The zero-order valence-electron chi connectivity index (χ0n) is 19.4. The lowest BCUT2D eigenvalue weighted by atomic mass is 9.95. The molecule has 174 valence electrons. The number of hydrogen-bond acceptors (Lipinski definition) is 6. The molecule has 33 heavy (non-hydrogen) atoms. The molecule has 7 nitrogen and oxygen atoms in total. The Morgan fingerprint density at radius 3 is 2.58 bits per heavy atom. The van der Waals surface area contributed by atoms with Crippen LogP contribution in [0.4, 0.5) is 0 Å². The minimum atomic E-state index is -0.423. The van der Waals surface area contributed by atoms with E-state index in [1.807, 2.05) is 37.3 Å². The second kappa shape index (κ2) is 9.57. The molecule has 1 atom stereocenters. The molecule has 4 rings (SSSR count). The molecule has 0 bridgehead atoms. The van der Waals surface area contributed by atoms with Crippen LogP contribution in [-0.2, 0) is 11.2 Å². The molecule has 1 aliphatic heterocycles. The van der Waals surface area contributed by atoms with Gasteiger partial charge in [0.15, 0.2) is 11.5 Å². The van der Waals surface area contributed by atoms with Gasteiger partial charge in [0, 0.05) is 23.4 Å². The lowest BCUT2D eigenvalue weighted by molar-refractivity contribution is -0.122. The fraction of sp³-hybridized carbons (Fsp3) is 0.385. The van der Waals surface area contributed by atoms with Gasteiger partial charge in [0.1, 0.15) is 24.5 Å². The van der Waals surface area contributed by atoms with E-state index in [4.69, 9.17) is 18.6 Å². The first-order chi connectivity index (χ1) is 15.9. The molecule has 1 N–H and O–H groups in total. The summed E-state index contributed by atoms with van der Waals surface area (Å²) in [5.41, 5.74) is 2.35. The first-order valence-electron chi connectivity index (χ1n) is 11.2. The van der Waals surface area contributed by atoms with Gasteiger partial charge in [0.25, 0.3) is 0 Å². The average Bonchev–Trinajstić information content (AvgIpc) is 2.81. The first kappa shape index (κ1) is 22.7. The maximum atomic E-state index is 12.8. The fourth-order valence-corrected chi connectivity index (χ4v) is 4.16. The Bertz CT molecular complexity index is 1230. The van der Waals surface area contributed by atoms with Crippen molar-refractivity contribution in [3.8, 4) is 17.2 Å². The van der Waals surface area contributed by atoms with Gasteiger partial charge in [0.05, 0.1) is 13.2 Å². The Balaban J connectivity index is 1.49. The van der Waals surface area contributed by atoms with Gasteiger partial charge in [0.2, 0.25) is 5.91 Å². The summed E-state index contributed by atoms with van der Waals surface area (Å²) in [7, 11) is 1.56. The normalized spacial score (nSPS) is 13.7. The summed E-state index contributed by atoms with van der Waals surface area (Å²) in [6, 6.07) is 11.0. The molecule has 0 aliphatic carbocycles. The number of benzene rings is 2. The number of fused-ring (bicyclic) bond motifs is 2. The number of amides is 1. The van der Waals surface area contributed by atoms with Crippen molar-refractivity contribution in [1.82, 2.24) is 5.32 Å². The summed E-state index contributed by atoms with van der Waals surface area (Å²) in [5, 5.41) is 3.95. The van der Waals surface area contributed by atoms with E-state index in [0.717, 1.165) is 22.3 Å². The monoisotopic (exact) mass is 451 g/mol. The van der Waals surface area contributed by atoms with Crippen LogP contribution in [0.5, 0.6) is 17.2 Å². The van der Waals surface area contributed by atoms with E-state index in [2.05, 4.69) is 19.2 Å². The minimum Gasteiger partial charge on any atom is -0.497 e. The zero-order valence-corrected chi connectivity index (χ0v) is 19.4. The molecule has 0 fully saturated rings. The van der Waals surface area contributed by atoms with Gasteiger partial charge in [-0.15, -0.1) is 0 Å². The van der Waals surface area contributed by atoms with Gasteiger partial charge in [-0.2, -0.15) is 0 Å². The number of carbonyl (C=O) groups is 1. The summed E-state index contributed by atoms with van der Waals surface area (Å²) in [6.45, 7) is 7.03. The standard InChI is InChI=1S/C26H29NO6/c1-15(2)25(17-5-9-21-23(13-17)32-12-11-31-21)27-24(28)10-8-20-16(3)19-7-6-18(30-4)14-22(19)33-26(20)29/h5-7,9,13-15,25H,8,10-12H2,1-4H3,(H,27,28). The molecule has 0 radical (unpaired) electrons. The third-order valence-corrected chi connectivity index (χ3v) is 6.01. The van der Waals surface area contributed by atoms with Crippen LogP contribution in [0.2, 0.25) is 0 Å². The van der Waals surface area contributed by atoms with Gasteiger partial charge in [-0.25, -0.2) is 4.79 Å². The molecular formula is C26H29NO6. The zero-order chi connectivity index (χ0) is 23.5. The lowest BCUT2D eigenvalue weighted by Gasteiger charge is -2.25. The smallest absolute Gasteiger partial charge is 0.339 e. The third-order valence-electron chi connectivity index (χ3n) is 6.01. The van der Waals surface area contributed by atoms with E-state index in [9.17, 15) is 9.59 Å². The fourth-order valence-electron chi connectivity index (χ4n) is 4.16. The van der Waals surface area contributed by atoms with E-state index >= 15 is 0 Å². The number of carbonyl (C=O) groups excluding carboxylic acids is 1. The largest absolute Gasteiger partial charge is 0.497 e. The number of nitrogens with one attached hydrogen (secondary N) is 1. The van der Waals surface area contributed by atoms with E-state index in [-0.39, 0.29) is 24.3 Å². The molecule has 0 saturated carbocycles. The van der Waals surface area contributed by atoms with E-state index in [1.54, 1.807) is 13.2 Å². The van der Waals surface area contributed by atoms with Gasteiger partial charge in [-0.3, -0.25) is 4.79 Å². The van der Waals surface area contributed by atoms with Crippen LogP contribution >= 0.6 is 0 Å². The molecule has 1 amide bonds. The molecule has 0 spiro atoms. The predicted octanol–water partition coefficient (Wildman–Crippen LogP) is 4.33. The number of methoxy groups -OCH3 is 1. The van der Waals surface area contributed by atoms with Crippen molar-refractivity contribution in [2.24, 2.45) is 5.92 Å². The van der Waals surface area contributed by atoms with Crippen LogP contribution in [-0.4, -0.2) is 26.2 Å². The first-order valence-corrected chi connectivity index (χ1v) is 11.2. The number of hydrogen-bond donors (Lipinski definition) is 1. The van der Waals surface area contributed by atoms with E-state index in [1.165, 1.54) is 0 Å². The number of ether oxygens (including phenoxy) is 3. The van der Waals surface area contributed by atoms with Crippen LogP contribution < -0.4 is 25.2 Å². The maximum absolute atomic E-state index is 12.8. The minimum absolute atomic E-state index is 0.128. The average molecular weight is 452 g/mol. The molecular weight excluding hydrogens is 422 g/mol. The highest BCUT2D eigenvalue weighted by Crippen LogP contribution is 2.34. The van der Waals surface area contributed by atoms with Crippen molar-refractivity contribution >= 4 is 16.9 Å². The third kappa shape index (κ3) is 4.82. The van der Waals surface area contributed by atoms with Crippen LogP contribution in [0.3, 0.4) is 0 Å². The van der Waals surface area contributed by atoms with Gasteiger partial charge in [-0.1, -0.05) is 19.9 Å². The van der Waals surface area contributed by atoms with Gasteiger partial charge < -0.3 is 23.9 Å². The summed E-state index contributed by atoms with van der Waals surface area (Å²) < 4.78 is 22.0. The SMILES string of the molecule is COc1ccc2c(C)c(CCC(=O)NC(c3ccc4c(c3)OCCO4)C(C)C)c(=O)oc2c1. The summed E-state index contributed by atoms with van der Waals surface area (Å²) in [5.74, 6) is 2.07. The summed E-state index contributed by atoms with van der Waals surface area (Å²) >= 11 is 0. The lowest BCUT2D eigenvalue weighted by Crippen LogP contribution is -2.32. The molecule has 1 aromatic heterocycles. The molecule has 1 unspecified atom stereocenters. The van der Waals surface area contributed by atoms with Crippen LogP contribution in [0.15, 0.2) is 45.6 Å². The summed E-state index contributed by atoms with van der Waals surface area (Å²) in [4.78, 5) is 25.4. The van der Waals surface area contributed by atoms with Crippen LogP contribution in [0.1, 0.15) is 43.0 Å². The molecule has 3 aromatic rings. The molecule has 7 heteroatoms. The van der Waals surface area contributed by atoms with Crippen molar-refractivity contribution in [1.29, 1.82) is 0 Å². The Kier molecular flexibility index (Phi) is 6.58. The summed E-state index contributed by atoms with van der Waals surface area (Å²) in [6.07, 6.45) is 0.481. The quantitative estimate of drug-likeness (QED) is 0.538. The van der Waals surface area contributed by atoms with Gasteiger partial charge in [-0.05, 0) is 54.7 Å². The van der Waals surface area contributed by atoms with Gasteiger partial charge >= 0.3 is 5.63 Å². The van der Waals surface area contributed by atoms with Crippen molar-refractivity contribution in [2.45, 2.75) is 39.7 Å². The highest BCUT2D eigenvalue weighted by Gasteiger charge is 2.22. The van der Waals surface area contributed by atoms with Crippen molar-refractivity contribution in [3.05, 3.63) is 63.5 Å². The second-order valence-electron chi connectivity index (χ2n) is 8.55. The second-order valence-corrected chi connectivity index (χ2v) is 8.55. The molecule has 0 saturated heterocycles. The molecule has 2 aromatic carbocycles. The Hall–Kier alpha value is -3.48. The van der Waals surface area contributed by atoms with E-state index < -0.39 is 5.63 Å². The van der Waals surface area contributed by atoms with Crippen molar-refractivity contribution < 1.29 is 23.4 Å². The van der Waals surface area contributed by atoms with Crippen LogP contribution in [0.25, 0.3) is 11.0 Å². The Morgan fingerprint density at radius 1 is 1.09 bits per heavy atom.